The molecule has 0 unspecified atom stereocenters. The Bertz CT molecular complexity index is 498. The molecular weight excluding hydrogens is 298 g/mol. The molecule has 0 spiro atoms. The third-order valence-electron chi connectivity index (χ3n) is 3.91. The van der Waals surface area contributed by atoms with E-state index in [0.29, 0.717) is 12.8 Å². The van der Waals surface area contributed by atoms with Crippen LogP contribution in [0, 0.1) is 5.92 Å². The summed E-state index contributed by atoms with van der Waals surface area (Å²) < 4.78 is 0. The second-order valence-corrected chi connectivity index (χ2v) is 7.16. The molecule has 3 atom stereocenters. The molecule has 7 nitrogen and oxygen atoms in total. The van der Waals surface area contributed by atoms with E-state index in [-0.39, 0.29) is 24.2 Å². The molecule has 0 aromatic rings. The van der Waals surface area contributed by atoms with Crippen molar-refractivity contribution in [3.63, 3.8) is 0 Å². The second-order valence-electron chi connectivity index (χ2n) is 7.16. The standard InChI is InChI=1S/C16H27N3O4/c1-6-7-11-8-12(17-14(22)23)9-16(11,18-10(2)20)13(21)19-15(3,4)5/h6,11-12,17H,1,7-9H2,2-5H3,(H,18,20)(H,19,21)(H,22,23)/t11-,12-,16-/m0/s1. The predicted molar refractivity (Wildman–Crippen MR) is 86.9 cm³/mol. The Morgan fingerprint density at radius 2 is 1.96 bits per heavy atom. The van der Waals surface area contributed by atoms with Crippen LogP contribution in [-0.4, -0.2) is 40.1 Å². The third-order valence-corrected chi connectivity index (χ3v) is 3.91. The highest BCUT2D eigenvalue weighted by molar-refractivity contribution is 5.92. The number of allylic oxidation sites excluding steroid dienone is 1. The summed E-state index contributed by atoms with van der Waals surface area (Å²) in [5.74, 6) is -0.830. The molecule has 130 valence electrons. The summed E-state index contributed by atoms with van der Waals surface area (Å²) in [5, 5.41) is 17.1. The van der Waals surface area contributed by atoms with Gasteiger partial charge in [0.15, 0.2) is 0 Å². The van der Waals surface area contributed by atoms with Crippen molar-refractivity contribution in [2.45, 2.75) is 64.1 Å². The summed E-state index contributed by atoms with van der Waals surface area (Å²) in [6.45, 7) is 10.6. The molecule has 0 aliphatic heterocycles. The molecule has 1 aliphatic carbocycles. The topological polar surface area (TPSA) is 108 Å². The number of nitrogens with one attached hydrogen (secondary N) is 3. The van der Waals surface area contributed by atoms with Gasteiger partial charge in [0.1, 0.15) is 5.54 Å². The first kappa shape index (κ1) is 19.0. The Morgan fingerprint density at radius 1 is 1.35 bits per heavy atom. The molecule has 0 aromatic carbocycles. The molecule has 3 amide bonds. The highest BCUT2D eigenvalue weighted by Crippen LogP contribution is 2.39. The summed E-state index contributed by atoms with van der Waals surface area (Å²) in [6.07, 6.45) is 1.75. The summed E-state index contributed by atoms with van der Waals surface area (Å²) in [7, 11) is 0. The van der Waals surface area contributed by atoms with Gasteiger partial charge in [0.2, 0.25) is 11.8 Å². The van der Waals surface area contributed by atoms with Gasteiger partial charge < -0.3 is 21.1 Å². The summed E-state index contributed by atoms with van der Waals surface area (Å²) in [5.41, 5.74) is -1.60. The zero-order valence-corrected chi connectivity index (χ0v) is 14.2. The van der Waals surface area contributed by atoms with Crippen LogP contribution in [0.5, 0.6) is 0 Å². The number of hydrogen-bond donors (Lipinski definition) is 4. The molecular formula is C16H27N3O4. The van der Waals surface area contributed by atoms with E-state index in [1.165, 1.54) is 6.92 Å². The van der Waals surface area contributed by atoms with Gasteiger partial charge in [-0.25, -0.2) is 4.79 Å². The van der Waals surface area contributed by atoms with Gasteiger partial charge in [-0.05, 0) is 39.5 Å². The van der Waals surface area contributed by atoms with Crippen molar-refractivity contribution in [2.75, 3.05) is 0 Å². The Kier molecular flexibility index (Phi) is 5.80. The first-order chi connectivity index (χ1) is 10.5. The first-order valence-corrected chi connectivity index (χ1v) is 7.72. The summed E-state index contributed by atoms with van der Waals surface area (Å²) >= 11 is 0. The Morgan fingerprint density at radius 3 is 2.39 bits per heavy atom. The minimum absolute atomic E-state index is 0.219. The lowest BCUT2D eigenvalue weighted by molar-refractivity contribution is -0.135. The van der Waals surface area contributed by atoms with E-state index in [4.69, 9.17) is 5.11 Å². The van der Waals surface area contributed by atoms with E-state index in [2.05, 4.69) is 22.5 Å². The van der Waals surface area contributed by atoms with Gasteiger partial charge in [-0.15, -0.1) is 6.58 Å². The Labute approximate surface area is 136 Å². The molecule has 0 bridgehead atoms. The van der Waals surface area contributed by atoms with Crippen LogP contribution in [-0.2, 0) is 9.59 Å². The fourth-order valence-electron chi connectivity index (χ4n) is 3.22. The van der Waals surface area contributed by atoms with Gasteiger partial charge in [0.25, 0.3) is 0 Å². The highest BCUT2D eigenvalue weighted by Gasteiger charge is 2.53. The van der Waals surface area contributed by atoms with Gasteiger partial charge >= 0.3 is 6.09 Å². The maximum absolute atomic E-state index is 12.9. The number of rotatable bonds is 5. The van der Waals surface area contributed by atoms with Gasteiger partial charge in [0, 0.05) is 24.9 Å². The van der Waals surface area contributed by atoms with Crippen LogP contribution in [0.4, 0.5) is 4.79 Å². The van der Waals surface area contributed by atoms with Crippen molar-refractivity contribution in [1.82, 2.24) is 16.0 Å². The second kappa shape index (κ2) is 7.02. The summed E-state index contributed by atoms with van der Waals surface area (Å²) in [4.78, 5) is 35.5. The number of amides is 3. The predicted octanol–water partition coefficient (Wildman–Crippen LogP) is 1.40. The molecule has 1 fully saturated rings. The zero-order chi connectivity index (χ0) is 17.8. The lowest BCUT2D eigenvalue weighted by Crippen LogP contribution is -2.63. The van der Waals surface area contributed by atoms with Crippen LogP contribution in [0.25, 0.3) is 0 Å². The van der Waals surface area contributed by atoms with Crippen molar-refractivity contribution in [1.29, 1.82) is 0 Å². The maximum atomic E-state index is 12.9. The van der Waals surface area contributed by atoms with E-state index in [1.807, 2.05) is 20.8 Å². The lowest BCUT2D eigenvalue weighted by Gasteiger charge is -2.37. The normalized spacial score (nSPS) is 27.1. The van der Waals surface area contributed by atoms with Crippen molar-refractivity contribution in [2.24, 2.45) is 5.92 Å². The molecule has 7 heteroatoms. The molecule has 0 saturated heterocycles. The van der Waals surface area contributed by atoms with E-state index in [9.17, 15) is 14.4 Å². The number of carbonyl (C=O) groups excluding carboxylic acids is 2. The van der Waals surface area contributed by atoms with Crippen LogP contribution in [0.2, 0.25) is 0 Å². The minimum Gasteiger partial charge on any atom is -0.465 e. The molecule has 1 rings (SSSR count). The van der Waals surface area contributed by atoms with E-state index in [1.54, 1.807) is 6.08 Å². The van der Waals surface area contributed by atoms with Gasteiger partial charge in [-0.3, -0.25) is 9.59 Å². The maximum Gasteiger partial charge on any atom is 0.404 e. The number of carboxylic acid groups (broad SMARTS) is 1. The highest BCUT2D eigenvalue weighted by atomic mass is 16.4. The van der Waals surface area contributed by atoms with E-state index < -0.39 is 23.2 Å². The van der Waals surface area contributed by atoms with E-state index >= 15 is 0 Å². The van der Waals surface area contributed by atoms with Crippen LogP contribution in [0.3, 0.4) is 0 Å². The van der Waals surface area contributed by atoms with Crippen LogP contribution >= 0.6 is 0 Å². The first-order valence-electron chi connectivity index (χ1n) is 7.72. The smallest absolute Gasteiger partial charge is 0.404 e. The number of carbonyl (C=O) groups is 3. The van der Waals surface area contributed by atoms with Crippen molar-refractivity contribution >= 4 is 17.9 Å². The molecule has 0 heterocycles. The fourth-order valence-corrected chi connectivity index (χ4v) is 3.22. The Hall–Kier alpha value is -2.05. The zero-order valence-electron chi connectivity index (χ0n) is 14.2. The van der Waals surface area contributed by atoms with Crippen molar-refractivity contribution in [3.8, 4) is 0 Å². The van der Waals surface area contributed by atoms with Crippen LogP contribution in [0.1, 0.15) is 47.0 Å². The average molecular weight is 325 g/mol. The van der Waals surface area contributed by atoms with Crippen LogP contribution < -0.4 is 16.0 Å². The van der Waals surface area contributed by atoms with Crippen molar-refractivity contribution < 1.29 is 19.5 Å². The monoisotopic (exact) mass is 325 g/mol. The molecule has 0 radical (unpaired) electrons. The largest absolute Gasteiger partial charge is 0.465 e. The lowest BCUT2D eigenvalue weighted by atomic mass is 9.82. The molecule has 1 aliphatic rings. The molecule has 0 aromatic heterocycles. The van der Waals surface area contributed by atoms with Gasteiger partial charge in [0.05, 0.1) is 0 Å². The van der Waals surface area contributed by atoms with Gasteiger partial charge in [-0.2, -0.15) is 0 Å². The SMILES string of the molecule is C=CC[C@H]1C[C@H](NC(=O)O)C[C@@]1(NC(C)=O)C(=O)NC(C)(C)C. The third kappa shape index (κ3) is 4.97. The quantitative estimate of drug-likeness (QED) is 0.573. The average Bonchev–Trinajstić information content (AvgIpc) is 2.64. The van der Waals surface area contributed by atoms with Crippen LogP contribution in [0.15, 0.2) is 12.7 Å². The molecule has 4 N–H and O–H groups in total. The van der Waals surface area contributed by atoms with Crippen molar-refractivity contribution in [3.05, 3.63) is 12.7 Å². The summed E-state index contributed by atoms with van der Waals surface area (Å²) in [6, 6.07) is -0.394. The molecule has 1 saturated carbocycles. The minimum atomic E-state index is -1.14. The number of hydrogen-bond acceptors (Lipinski definition) is 3. The molecule has 23 heavy (non-hydrogen) atoms. The fraction of sp³-hybridized carbons (Fsp3) is 0.688. The van der Waals surface area contributed by atoms with E-state index in [0.717, 1.165) is 0 Å². The van der Waals surface area contributed by atoms with Gasteiger partial charge in [-0.1, -0.05) is 6.08 Å². The Balaban J connectivity index is 3.17.